The van der Waals surface area contributed by atoms with Crippen LogP contribution in [0.3, 0.4) is 0 Å². The molecule has 2 heterocycles. The van der Waals surface area contributed by atoms with Gasteiger partial charge in [-0.25, -0.2) is 0 Å². The van der Waals surface area contributed by atoms with Crippen LogP contribution in [-0.4, -0.2) is 69.8 Å². The van der Waals surface area contributed by atoms with E-state index in [1.165, 1.54) is 4.80 Å². The monoisotopic (exact) mass is 735 g/mol. The van der Waals surface area contributed by atoms with Crippen LogP contribution in [0.4, 0.5) is 5.69 Å². The van der Waals surface area contributed by atoms with E-state index in [4.69, 9.17) is 10.8 Å². The molecule has 1 aliphatic carbocycles. The van der Waals surface area contributed by atoms with E-state index in [1.54, 1.807) is 24.3 Å². The summed E-state index contributed by atoms with van der Waals surface area (Å²) in [5.41, 5.74) is 11.8. The number of nitrogens with one attached hydrogen (secondary N) is 4. The van der Waals surface area contributed by atoms with Gasteiger partial charge in [-0.2, -0.15) is 0 Å². The van der Waals surface area contributed by atoms with Crippen LogP contribution >= 0.6 is 0 Å². The highest BCUT2D eigenvalue weighted by atomic mass is 16.4. The number of tetrazole rings is 1. The van der Waals surface area contributed by atoms with Crippen molar-refractivity contribution in [3.05, 3.63) is 83.4 Å². The lowest BCUT2D eigenvalue weighted by Crippen LogP contribution is -2.42. The van der Waals surface area contributed by atoms with Crippen molar-refractivity contribution in [3.8, 4) is 22.5 Å². The van der Waals surface area contributed by atoms with Crippen LogP contribution in [0.25, 0.3) is 22.5 Å². The second kappa shape index (κ2) is 18.2. The zero-order chi connectivity index (χ0) is 38.0. The maximum atomic E-state index is 13.9. The van der Waals surface area contributed by atoms with Crippen molar-refractivity contribution in [2.45, 2.75) is 77.3 Å². The van der Waals surface area contributed by atoms with Crippen LogP contribution in [0.1, 0.15) is 72.9 Å². The average molecular weight is 736 g/mol. The maximum Gasteiger partial charge on any atom is 0.338 e. The molecule has 1 aliphatic heterocycles. The van der Waals surface area contributed by atoms with Gasteiger partial charge in [-0.3, -0.25) is 19.2 Å². The Morgan fingerprint density at radius 3 is 2.30 bits per heavy atom. The summed E-state index contributed by atoms with van der Waals surface area (Å²) in [6.07, 6.45) is 5.81. The summed E-state index contributed by atoms with van der Waals surface area (Å²) >= 11 is 0. The molecular weight excluding hydrogens is 685 g/mol. The molecule has 2 aliphatic rings. The predicted molar refractivity (Wildman–Crippen MR) is 204 cm³/mol. The molecule has 1 aromatic heterocycles. The van der Waals surface area contributed by atoms with Crippen molar-refractivity contribution in [1.82, 2.24) is 26.0 Å². The standard InChI is InChI=1S/C41H50N8O5/c1-26-22-32(40(53)45-35-16-19-43-20-17-35)12-15-36(26)29-6-2-27(3-7-29)23-33(24-37(50)30-8-4-28(25-42)5-9-30)41(54)44-34-13-10-31(11-14-34)39-46-48-49(47-39)21-18-38(51)52/h2-3,6-7,10-15,22,28,30,33,35,43H,4-5,8-9,16-21,23-25,42H2,1H3,(H3,44,45,47,51,52,53,54)/p+1/t28?,30?,33-/m1/s1. The number of aryl methyl sites for hydroxylation is 2. The summed E-state index contributed by atoms with van der Waals surface area (Å²) in [6.45, 7) is 4.64. The third kappa shape index (κ3) is 10.2. The molecule has 2 amide bonds. The quantitative estimate of drug-likeness (QED) is 0.0970. The number of Topliss-reactive ketones (excluding diaryl/α,β-unsaturated/α-hetero) is 1. The number of aromatic amines is 1. The number of anilines is 1. The smallest absolute Gasteiger partial charge is 0.338 e. The molecule has 0 bridgehead atoms. The number of aliphatic carboxylic acids is 1. The number of carboxylic acids is 1. The summed E-state index contributed by atoms with van der Waals surface area (Å²) in [7, 11) is 0. The van der Waals surface area contributed by atoms with Gasteiger partial charge < -0.3 is 26.8 Å². The van der Waals surface area contributed by atoms with Gasteiger partial charge in [-0.05, 0) is 146 Å². The molecule has 54 heavy (non-hydrogen) atoms. The lowest BCUT2D eigenvalue weighted by atomic mass is 9.77. The molecule has 7 N–H and O–H groups in total. The van der Waals surface area contributed by atoms with E-state index >= 15 is 0 Å². The van der Waals surface area contributed by atoms with Crippen molar-refractivity contribution < 1.29 is 29.1 Å². The number of benzene rings is 3. The normalized spacial score (nSPS) is 18.1. The van der Waals surface area contributed by atoms with E-state index in [-0.39, 0.29) is 48.9 Å². The van der Waals surface area contributed by atoms with Crippen molar-refractivity contribution in [3.63, 3.8) is 0 Å². The summed E-state index contributed by atoms with van der Waals surface area (Å²) in [6, 6.07) is 21.2. The Morgan fingerprint density at radius 1 is 0.926 bits per heavy atom. The number of aromatic nitrogens is 4. The molecule has 0 radical (unpaired) electrons. The number of amides is 2. The molecule has 3 aromatic carbocycles. The predicted octanol–water partition coefficient (Wildman–Crippen LogP) is 4.21. The third-order valence-electron chi connectivity index (χ3n) is 10.8. The third-order valence-corrected chi connectivity index (χ3v) is 10.8. The highest BCUT2D eigenvalue weighted by molar-refractivity contribution is 5.96. The first kappa shape index (κ1) is 38.5. The van der Waals surface area contributed by atoms with Gasteiger partial charge in [0.15, 0.2) is 0 Å². The number of nitrogens with two attached hydrogens (primary N) is 1. The van der Waals surface area contributed by atoms with Gasteiger partial charge in [0, 0.05) is 35.5 Å². The second-order valence-electron chi connectivity index (χ2n) is 14.7. The highest BCUT2D eigenvalue weighted by Crippen LogP contribution is 2.32. The molecule has 13 heteroatoms. The first-order valence-corrected chi connectivity index (χ1v) is 19.0. The fourth-order valence-corrected chi connectivity index (χ4v) is 7.49. The topological polar surface area (TPSA) is 196 Å². The SMILES string of the molecule is Cc1cc(C(=O)NC2CCNCC2)ccc1-c1ccc(C[C@H](CC(=O)C2CCC(CN)CC2)C(=O)Nc2ccc(-c3n[nH][n+](CCC(=O)O)n3)cc2)cc1. The summed E-state index contributed by atoms with van der Waals surface area (Å²) in [4.78, 5) is 52.7. The van der Waals surface area contributed by atoms with Crippen LogP contribution in [0.5, 0.6) is 0 Å². The van der Waals surface area contributed by atoms with E-state index in [0.717, 1.165) is 73.9 Å². The number of rotatable bonds is 15. The summed E-state index contributed by atoms with van der Waals surface area (Å²) in [5, 5.41) is 29.6. The molecule has 0 unspecified atom stereocenters. The van der Waals surface area contributed by atoms with E-state index in [2.05, 4.69) is 31.4 Å². The maximum absolute atomic E-state index is 13.9. The molecule has 1 atom stereocenters. The van der Waals surface area contributed by atoms with Crippen molar-refractivity contribution >= 4 is 29.3 Å². The van der Waals surface area contributed by atoms with E-state index in [0.29, 0.717) is 41.5 Å². The fourth-order valence-electron chi connectivity index (χ4n) is 7.49. The number of piperidine rings is 1. The summed E-state index contributed by atoms with van der Waals surface area (Å²) in [5.74, 6) is -0.855. The van der Waals surface area contributed by atoms with Gasteiger partial charge in [0.25, 0.3) is 5.91 Å². The molecule has 13 nitrogen and oxygen atoms in total. The van der Waals surface area contributed by atoms with Crippen LogP contribution in [0, 0.1) is 24.7 Å². The van der Waals surface area contributed by atoms with Gasteiger partial charge >= 0.3 is 11.8 Å². The number of ketones is 1. The Hall–Kier alpha value is -5.27. The van der Waals surface area contributed by atoms with Gasteiger partial charge in [0.05, 0.1) is 17.1 Å². The van der Waals surface area contributed by atoms with Crippen molar-refractivity contribution in [1.29, 1.82) is 0 Å². The van der Waals surface area contributed by atoms with E-state index < -0.39 is 11.9 Å². The van der Waals surface area contributed by atoms with Crippen molar-refractivity contribution in [2.24, 2.45) is 23.5 Å². The number of carboxylic acid groups (broad SMARTS) is 1. The number of H-pyrrole nitrogens is 1. The van der Waals surface area contributed by atoms with Crippen LogP contribution in [0.15, 0.2) is 66.7 Å². The zero-order valence-corrected chi connectivity index (χ0v) is 30.9. The molecule has 4 aromatic rings. The van der Waals surface area contributed by atoms with Gasteiger partial charge in [-0.15, -0.1) is 0 Å². The first-order valence-electron chi connectivity index (χ1n) is 19.0. The van der Waals surface area contributed by atoms with Crippen LogP contribution < -0.4 is 26.5 Å². The fraction of sp³-hybridized carbons (Fsp3) is 0.439. The minimum atomic E-state index is -0.927. The molecule has 2 fully saturated rings. The molecule has 284 valence electrons. The van der Waals surface area contributed by atoms with Gasteiger partial charge in [0.1, 0.15) is 12.3 Å². The lowest BCUT2D eigenvalue weighted by molar-refractivity contribution is -0.804. The Balaban J connectivity index is 1.13. The minimum Gasteiger partial charge on any atom is -0.481 e. The molecule has 6 rings (SSSR count). The van der Waals surface area contributed by atoms with Gasteiger partial charge in [-0.1, -0.05) is 35.1 Å². The lowest BCUT2D eigenvalue weighted by Gasteiger charge is -2.27. The van der Waals surface area contributed by atoms with Crippen LogP contribution in [0.2, 0.25) is 0 Å². The summed E-state index contributed by atoms with van der Waals surface area (Å²) < 4.78 is 0. The number of hydrogen-bond acceptors (Lipinski definition) is 8. The molecular formula is C41H51N8O5+. The highest BCUT2D eigenvalue weighted by Gasteiger charge is 2.30. The largest absolute Gasteiger partial charge is 0.481 e. The number of carbonyl (C=O) groups excluding carboxylic acids is 3. The minimum absolute atomic E-state index is 0.0496. The molecule has 1 saturated heterocycles. The van der Waals surface area contributed by atoms with Gasteiger partial charge in [0.2, 0.25) is 5.91 Å². The number of carbonyl (C=O) groups is 4. The molecule has 1 saturated carbocycles. The zero-order valence-electron chi connectivity index (χ0n) is 30.9. The molecule has 0 spiro atoms. The Morgan fingerprint density at radius 2 is 1.63 bits per heavy atom. The Bertz CT molecular complexity index is 1910. The average Bonchev–Trinajstić information content (AvgIpc) is 3.67. The van der Waals surface area contributed by atoms with E-state index in [1.807, 2.05) is 49.4 Å². The number of nitrogens with zero attached hydrogens (tertiary/aromatic N) is 3. The van der Waals surface area contributed by atoms with Crippen LogP contribution in [-0.2, 0) is 27.3 Å². The first-order chi connectivity index (χ1) is 26.1. The number of hydrogen-bond donors (Lipinski definition) is 6. The van der Waals surface area contributed by atoms with Crippen molar-refractivity contribution in [2.75, 3.05) is 25.0 Å². The second-order valence-corrected chi connectivity index (χ2v) is 14.7. The van der Waals surface area contributed by atoms with E-state index in [9.17, 15) is 19.2 Å². The Labute approximate surface area is 315 Å². The Kier molecular flexibility index (Phi) is 12.9.